The molecule has 4 nitrogen and oxygen atoms in total. The van der Waals surface area contributed by atoms with Crippen molar-refractivity contribution in [3.63, 3.8) is 0 Å². The predicted octanol–water partition coefficient (Wildman–Crippen LogP) is 2.84. The van der Waals surface area contributed by atoms with Crippen molar-refractivity contribution >= 4 is 44.6 Å². The monoisotopic (exact) mass is 343 g/mol. The van der Waals surface area contributed by atoms with Gasteiger partial charge in [0.2, 0.25) is 10.0 Å². The second-order valence-corrected chi connectivity index (χ2v) is 9.03. The lowest BCUT2D eigenvalue weighted by Gasteiger charge is -2.22. The summed E-state index contributed by atoms with van der Waals surface area (Å²) in [5.74, 6) is -0.00680. The normalized spacial score (nSPS) is 24.3. The van der Waals surface area contributed by atoms with Crippen LogP contribution in [0.5, 0.6) is 0 Å². The fourth-order valence-electron chi connectivity index (χ4n) is 2.33. The molecular formula is C11H15Cl2NO3S2. The van der Waals surface area contributed by atoms with Gasteiger partial charge in [-0.05, 0) is 24.8 Å². The molecule has 1 aromatic rings. The zero-order valence-electron chi connectivity index (χ0n) is 10.3. The zero-order valence-corrected chi connectivity index (χ0v) is 13.5. The highest BCUT2D eigenvalue weighted by molar-refractivity contribution is 7.89. The summed E-state index contributed by atoms with van der Waals surface area (Å²) in [4.78, 5) is 0.0409. The highest BCUT2D eigenvalue weighted by Crippen LogP contribution is 2.36. The van der Waals surface area contributed by atoms with Crippen molar-refractivity contribution in [3.8, 4) is 0 Å². The van der Waals surface area contributed by atoms with E-state index in [1.54, 1.807) is 0 Å². The molecule has 0 bridgehead atoms. The molecule has 19 heavy (non-hydrogen) atoms. The average molecular weight is 344 g/mol. The van der Waals surface area contributed by atoms with Gasteiger partial charge in [-0.3, -0.25) is 0 Å². The molecule has 1 saturated carbocycles. The highest BCUT2D eigenvalue weighted by atomic mass is 35.5. The molecular weight excluding hydrogens is 329 g/mol. The van der Waals surface area contributed by atoms with Gasteiger partial charge in [0.1, 0.15) is 9.23 Å². The molecule has 1 heterocycles. The minimum absolute atomic E-state index is 0.00680. The maximum absolute atomic E-state index is 12.4. The molecule has 1 aromatic heterocycles. The Morgan fingerprint density at radius 3 is 2.63 bits per heavy atom. The molecule has 108 valence electrons. The van der Waals surface area contributed by atoms with Crippen molar-refractivity contribution < 1.29 is 13.5 Å². The standard InChI is InChI=1S/C11H15Cl2NO3S2/c1-14(6-7-3-2-4-8(7)15)19(16,17)9-5-10(12)18-11(9)13/h5,7-8,15H,2-4,6H2,1H3. The number of sulfonamides is 1. The number of aliphatic hydroxyl groups is 1. The van der Waals surface area contributed by atoms with Crippen LogP contribution in [-0.2, 0) is 10.0 Å². The van der Waals surface area contributed by atoms with Crippen LogP contribution in [0, 0.1) is 5.92 Å². The molecule has 1 aliphatic rings. The van der Waals surface area contributed by atoms with Gasteiger partial charge in [-0.1, -0.05) is 29.6 Å². The number of aliphatic hydroxyl groups excluding tert-OH is 1. The van der Waals surface area contributed by atoms with E-state index >= 15 is 0 Å². The Morgan fingerprint density at radius 1 is 1.47 bits per heavy atom. The van der Waals surface area contributed by atoms with Crippen LogP contribution in [-0.4, -0.2) is 37.5 Å². The zero-order chi connectivity index (χ0) is 14.2. The molecule has 0 saturated heterocycles. The van der Waals surface area contributed by atoms with Gasteiger partial charge >= 0.3 is 0 Å². The van der Waals surface area contributed by atoms with Crippen molar-refractivity contribution in [1.82, 2.24) is 4.31 Å². The molecule has 0 aliphatic heterocycles. The summed E-state index contributed by atoms with van der Waals surface area (Å²) in [7, 11) is -2.14. The molecule has 0 spiro atoms. The first-order chi connectivity index (χ1) is 8.82. The van der Waals surface area contributed by atoms with Gasteiger partial charge in [0.05, 0.1) is 10.4 Å². The van der Waals surface area contributed by atoms with Crippen molar-refractivity contribution in [2.45, 2.75) is 30.3 Å². The third-order valence-corrected chi connectivity index (χ3v) is 7.00. The van der Waals surface area contributed by atoms with Gasteiger partial charge in [0.25, 0.3) is 0 Å². The highest BCUT2D eigenvalue weighted by Gasteiger charge is 2.32. The van der Waals surface area contributed by atoms with E-state index in [9.17, 15) is 13.5 Å². The molecule has 1 N–H and O–H groups in total. The van der Waals surface area contributed by atoms with Crippen molar-refractivity contribution in [2.75, 3.05) is 13.6 Å². The van der Waals surface area contributed by atoms with Crippen LogP contribution < -0.4 is 0 Å². The van der Waals surface area contributed by atoms with Crippen LogP contribution >= 0.6 is 34.5 Å². The SMILES string of the molecule is CN(CC1CCCC1O)S(=O)(=O)c1cc(Cl)sc1Cl. The number of halogens is 2. The third-order valence-electron chi connectivity index (χ3n) is 3.42. The molecule has 8 heteroatoms. The van der Waals surface area contributed by atoms with E-state index in [2.05, 4.69) is 0 Å². The summed E-state index contributed by atoms with van der Waals surface area (Å²) in [6.45, 7) is 0.299. The number of thiophene rings is 1. The molecule has 1 aliphatic carbocycles. The van der Waals surface area contributed by atoms with Crippen molar-refractivity contribution in [3.05, 3.63) is 14.7 Å². The minimum atomic E-state index is -3.64. The molecule has 2 rings (SSSR count). The Morgan fingerprint density at radius 2 is 2.16 bits per heavy atom. The summed E-state index contributed by atoms with van der Waals surface area (Å²) >= 11 is 12.7. The van der Waals surface area contributed by atoms with E-state index in [1.807, 2.05) is 0 Å². The van der Waals surface area contributed by atoms with E-state index in [4.69, 9.17) is 23.2 Å². The minimum Gasteiger partial charge on any atom is -0.393 e. The average Bonchev–Trinajstić information content (AvgIpc) is 2.86. The van der Waals surface area contributed by atoms with E-state index in [-0.39, 0.29) is 15.1 Å². The second-order valence-electron chi connectivity index (χ2n) is 4.73. The van der Waals surface area contributed by atoms with Gasteiger partial charge in [0.15, 0.2) is 0 Å². The first kappa shape index (κ1) is 15.5. The first-order valence-corrected chi connectivity index (χ1v) is 8.93. The van der Waals surface area contributed by atoms with Gasteiger partial charge in [-0.15, -0.1) is 11.3 Å². The Labute approximate surface area is 127 Å². The molecule has 0 amide bonds. The summed E-state index contributed by atoms with van der Waals surface area (Å²) in [5, 5.41) is 9.77. The van der Waals surface area contributed by atoms with Gasteiger partial charge in [-0.25, -0.2) is 12.7 Å². The smallest absolute Gasteiger partial charge is 0.245 e. The fourth-order valence-corrected chi connectivity index (χ4v) is 5.66. The van der Waals surface area contributed by atoms with Crippen molar-refractivity contribution in [2.24, 2.45) is 5.92 Å². The van der Waals surface area contributed by atoms with Gasteiger partial charge in [-0.2, -0.15) is 0 Å². The Balaban J connectivity index is 2.17. The third kappa shape index (κ3) is 3.25. The molecule has 2 unspecified atom stereocenters. The summed E-state index contributed by atoms with van der Waals surface area (Å²) < 4.78 is 26.5. The van der Waals surface area contributed by atoms with Crippen LogP contribution in [0.2, 0.25) is 8.67 Å². The molecule has 0 radical (unpaired) electrons. The van der Waals surface area contributed by atoms with Crippen molar-refractivity contribution in [1.29, 1.82) is 0 Å². The summed E-state index contributed by atoms with van der Waals surface area (Å²) in [6, 6.07) is 1.37. The number of nitrogens with zero attached hydrogens (tertiary/aromatic N) is 1. The largest absolute Gasteiger partial charge is 0.393 e. The summed E-state index contributed by atoms with van der Waals surface area (Å²) in [5.41, 5.74) is 0. The Bertz CT molecular complexity index is 558. The quantitative estimate of drug-likeness (QED) is 0.914. The first-order valence-electron chi connectivity index (χ1n) is 5.91. The lowest BCUT2D eigenvalue weighted by molar-refractivity contribution is 0.123. The molecule has 2 atom stereocenters. The van der Waals surface area contributed by atoms with Crippen LogP contribution in [0.3, 0.4) is 0 Å². The van der Waals surface area contributed by atoms with Crippen LogP contribution in [0.4, 0.5) is 0 Å². The maximum Gasteiger partial charge on any atom is 0.245 e. The van der Waals surface area contributed by atoms with E-state index < -0.39 is 16.1 Å². The number of hydrogen-bond donors (Lipinski definition) is 1. The predicted molar refractivity (Wildman–Crippen MR) is 77.5 cm³/mol. The van der Waals surface area contributed by atoms with Gasteiger partial charge in [0, 0.05) is 13.6 Å². The van der Waals surface area contributed by atoms with Crippen LogP contribution in [0.1, 0.15) is 19.3 Å². The number of rotatable bonds is 4. The second kappa shape index (κ2) is 5.87. The fraction of sp³-hybridized carbons (Fsp3) is 0.636. The Kier molecular flexibility index (Phi) is 4.80. The van der Waals surface area contributed by atoms with E-state index in [1.165, 1.54) is 17.4 Å². The van der Waals surface area contributed by atoms with Crippen LogP contribution in [0.25, 0.3) is 0 Å². The maximum atomic E-state index is 12.4. The Hall–Kier alpha value is 0.150. The van der Waals surface area contributed by atoms with Crippen LogP contribution in [0.15, 0.2) is 11.0 Å². The lowest BCUT2D eigenvalue weighted by atomic mass is 10.1. The number of hydrogen-bond acceptors (Lipinski definition) is 4. The molecule has 1 fully saturated rings. The van der Waals surface area contributed by atoms with Gasteiger partial charge < -0.3 is 5.11 Å². The molecule has 0 aromatic carbocycles. The lowest BCUT2D eigenvalue weighted by Crippen LogP contribution is -2.34. The van der Waals surface area contributed by atoms with E-state index in [0.29, 0.717) is 10.9 Å². The summed E-state index contributed by atoms with van der Waals surface area (Å²) in [6.07, 6.45) is 2.10. The topological polar surface area (TPSA) is 57.6 Å². The van der Waals surface area contributed by atoms with E-state index in [0.717, 1.165) is 30.6 Å².